The number of amides is 1. The fraction of sp³-hybridized carbons (Fsp3) is 0.0667. The molecular weight excluding hydrogens is 311 g/mol. The van der Waals surface area contributed by atoms with E-state index < -0.39 is 5.82 Å². The van der Waals surface area contributed by atoms with Crippen LogP contribution in [0, 0.1) is 5.82 Å². The number of carbonyl (C=O) groups is 1. The van der Waals surface area contributed by atoms with Crippen molar-refractivity contribution in [2.24, 2.45) is 5.73 Å². The number of rotatable bonds is 4. The molecule has 0 unspecified atom stereocenters. The summed E-state index contributed by atoms with van der Waals surface area (Å²) in [5.74, 6) is -0.899. The van der Waals surface area contributed by atoms with Crippen LogP contribution in [-0.2, 0) is 11.2 Å². The van der Waals surface area contributed by atoms with Gasteiger partial charge in [-0.05, 0) is 23.8 Å². The second-order valence-electron chi connectivity index (χ2n) is 4.34. The lowest BCUT2D eigenvalue weighted by Crippen LogP contribution is -2.20. The molecule has 0 aliphatic carbocycles. The molecule has 0 bridgehead atoms. The van der Waals surface area contributed by atoms with Crippen LogP contribution in [0.5, 0.6) is 0 Å². The first kappa shape index (κ1) is 15.4. The molecule has 2 aromatic carbocycles. The smallest absolute Gasteiger partial charge is 0.228 e. The molecule has 3 nitrogen and oxygen atoms in total. The predicted molar refractivity (Wildman–Crippen MR) is 86.1 cm³/mol. The van der Waals surface area contributed by atoms with E-state index in [2.05, 4.69) is 5.32 Å². The van der Waals surface area contributed by atoms with Crippen LogP contribution in [0.1, 0.15) is 11.1 Å². The summed E-state index contributed by atoms with van der Waals surface area (Å²) in [6, 6.07) is 11.3. The quantitative estimate of drug-likeness (QED) is 0.849. The Balaban J connectivity index is 2.19. The zero-order valence-corrected chi connectivity index (χ0v) is 12.5. The highest BCUT2D eigenvalue weighted by atomic mass is 35.5. The fourth-order valence-electron chi connectivity index (χ4n) is 1.89. The Kier molecular flexibility index (Phi) is 4.88. The summed E-state index contributed by atoms with van der Waals surface area (Å²) in [5, 5.41) is 3.10. The highest BCUT2D eigenvalue weighted by Gasteiger charge is 2.14. The van der Waals surface area contributed by atoms with Crippen molar-refractivity contribution in [2.75, 3.05) is 5.32 Å². The maximum absolute atomic E-state index is 13.7. The van der Waals surface area contributed by atoms with Gasteiger partial charge in [-0.1, -0.05) is 48.1 Å². The molecule has 0 radical (unpaired) electrons. The second-order valence-corrected chi connectivity index (χ2v) is 5.19. The Labute approximate surface area is 131 Å². The maximum atomic E-state index is 13.7. The predicted octanol–water partition coefficient (Wildman–Crippen LogP) is 3.29. The molecule has 0 atom stereocenters. The SMILES string of the molecule is NC(=S)c1c(F)cccc1NC(=O)Cc1ccccc1Cl. The Bertz CT molecular complexity index is 706. The lowest BCUT2D eigenvalue weighted by molar-refractivity contribution is -0.115. The third-order valence-electron chi connectivity index (χ3n) is 2.84. The normalized spacial score (nSPS) is 10.2. The van der Waals surface area contributed by atoms with Crippen LogP contribution >= 0.6 is 23.8 Å². The minimum Gasteiger partial charge on any atom is -0.389 e. The van der Waals surface area contributed by atoms with Crippen molar-refractivity contribution in [1.29, 1.82) is 0 Å². The van der Waals surface area contributed by atoms with Gasteiger partial charge in [-0.15, -0.1) is 0 Å². The minimum atomic E-state index is -0.571. The first-order valence-electron chi connectivity index (χ1n) is 6.10. The lowest BCUT2D eigenvalue weighted by atomic mass is 10.1. The summed E-state index contributed by atoms with van der Waals surface area (Å²) in [7, 11) is 0. The van der Waals surface area contributed by atoms with Gasteiger partial charge in [-0.2, -0.15) is 0 Å². The van der Waals surface area contributed by atoms with Gasteiger partial charge in [0.2, 0.25) is 5.91 Å². The Morgan fingerprint density at radius 1 is 1.24 bits per heavy atom. The molecule has 0 fully saturated rings. The molecule has 2 aromatic rings. The summed E-state index contributed by atoms with van der Waals surface area (Å²) in [5.41, 5.74) is 6.45. The highest BCUT2D eigenvalue weighted by molar-refractivity contribution is 7.80. The molecule has 0 saturated carbocycles. The van der Waals surface area contributed by atoms with E-state index in [0.29, 0.717) is 10.6 Å². The Hall–Kier alpha value is -1.98. The number of anilines is 1. The number of nitrogens with two attached hydrogens (primary N) is 1. The van der Waals surface area contributed by atoms with Crippen molar-refractivity contribution in [2.45, 2.75) is 6.42 Å². The van der Waals surface area contributed by atoms with Gasteiger partial charge in [0.05, 0.1) is 17.7 Å². The van der Waals surface area contributed by atoms with E-state index in [1.54, 1.807) is 30.3 Å². The third-order valence-corrected chi connectivity index (χ3v) is 3.42. The van der Waals surface area contributed by atoms with Crippen molar-refractivity contribution >= 4 is 40.4 Å². The Morgan fingerprint density at radius 3 is 2.62 bits per heavy atom. The molecular formula is C15H12ClFN2OS. The van der Waals surface area contributed by atoms with Crippen LogP contribution in [0.15, 0.2) is 42.5 Å². The van der Waals surface area contributed by atoms with Crippen LogP contribution in [0.25, 0.3) is 0 Å². The first-order valence-corrected chi connectivity index (χ1v) is 6.89. The number of hydrogen-bond donors (Lipinski definition) is 2. The highest BCUT2D eigenvalue weighted by Crippen LogP contribution is 2.20. The number of nitrogens with one attached hydrogen (secondary N) is 1. The minimum absolute atomic E-state index is 0.0278. The summed E-state index contributed by atoms with van der Waals surface area (Å²) in [4.78, 5) is 11.9. The van der Waals surface area contributed by atoms with Crippen LogP contribution in [0.2, 0.25) is 5.02 Å². The summed E-state index contributed by atoms with van der Waals surface area (Å²) in [6.07, 6.45) is 0.0763. The monoisotopic (exact) mass is 322 g/mol. The molecule has 0 aromatic heterocycles. The molecule has 0 saturated heterocycles. The zero-order chi connectivity index (χ0) is 15.4. The molecule has 0 aliphatic heterocycles. The standard InChI is InChI=1S/C15H12ClFN2OS/c16-10-5-2-1-4-9(10)8-13(20)19-12-7-3-6-11(17)14(12)15(18)21/h1-7H,8H2,(H2,18,21)(H,19,20). The molecule has 0 heterocycles. The third kappa shape index (κ3) is 3.77. The molecule has 6 heteroatoms. The van der Waals surface area contributed by atoms with E-state index in [-0.39, 0.29) is 28.6 Å². The van der Waals surface area contributed by atoms with Gasteiger partial charge in [0.1, 0.15) is 10.8 Å². The number of halogens is 2. The maximum Gasteiger partial charge on any atom is 0.228 e. The number of carbonyl (C=O) groups excluding carboxylic acids is 1. The summed E-state index contributed by atoms with van der Waals surface area (Å²) in [6.45, 7) is 0. The Morgan fingerprint density at radius 2 is 1.95 bits per heavy atom. The van der Waals surface area contributed by atoms with Crippen LogP contribution in [0.4, 0.5) is 10.1 Å². The zero-order valence-electron chi connectivity index (χ0n) is 10.9. The molecule has 2 rings (SSSR count). The van der Waals surface area contributed by atoms with Crippen molar-refractivity contribution in [3.05, 3.63) is 64.4 Å². The fourth-order valence-corrected chi connectivity index (χ4v) is 2.30. The average Bonchev–Trinajstić information content (AvgIpc) is 2.41. The summed E-state index contributed by atoms with van der Waals surface area (Å²) >= 11 is 10.8. The van der Waals surface area contributed by atoms with Gasteiger partial charge >= 0.3 is 0 Å². The number of benzene rings is 2. The van der Waals surface area contributed by atoms with E-state index in [9.17, 15) is 9.18 Å². The molecule has 3 N–H and O–H groups in total. The molecule has 0 aliphatic rings. The van der Waals surface area contributed by atoms with Gasteiger partial charge in [-0.3, -0.25) is 4.79 Å². The summed E-state index contributed by atoms with van der Waals surface area (Å²) < 4.78 is 13.7. The van der Waals surface area contributed by atoms with Gasteiger partial charge in [-0.25, -0.2) is 4.39 Å². The van der Waals surface area contributed by atoms with Crippen LogP contribution in [0.3, 0.4) is 0 Å². The number of thiocarbonyl (C=S) groups is 1. The van der Waals surface area contributed by atoms with Gasteiger partial charge < -0.3 is 11.1 Å². The van der Waals surface area contributed by atoms with E-state index in [1.165, 1.54) is 12.1 Å². The van der Waals surface area contributed by atoms with Gasteiger partial charge in [0.25, 0.3) is 0 Å². The van der Waals surface area contributed by atoms with Crippen molar-refractivity contribution in [3.63, 3.8) is 0 Å². The van der Waals surface area contributed by atoms with Gasteiger partial charge in [0, 0.05) is 5.02 Å². The van der Waals surface area contributed by atoms with E-state index >= 15 is 0 Å². The van der Waals surface area contributed by atoms with Gasteiger partial charge in [0.15, 0.2) is 0 Å². The van der Waals surface area contributed by atoms with Crippen molar-refractivity contribution in [1.82, 2.24) is 0 Å². The van der Waals surface area contributed by atoms with E-state index in [0.717, 1.165) is 0 Å². The lowest BCUT2D eigenvalue weighted by Gasteiger charge is -2.11. The molecule has 1 amide bonds. The second kappa shape index (κ2) is 6.65. The van der Waals surface area contributed by atoms with Crippen molar-refractivity contribution in [3.8, 4) is 0 Å². The largest absolute Gasteiger partial charge is 0.389 e. The van der Waals surface area contributed by atoms with E-state index in [4.69, 9.17) is 29.6 Å². The van der Waals surface area contributed by atoms with E-state index in [1.807, 2.05) is 0 Å². The molecule has 108 valence electrons. The van der Waals surface area contributed by atoms with Crippen molar-refractivity contribution < 1.29 is 9.18 Å². The first-order chi connectivity index (χ1) is 9.99. The van der Waals surface area contributed by atoms with Crippen LogP contribution < -0.4 is 11.1 Å². The molecule has 21 heavy (non-hydrogen) atoms. The topological polar surface area (TPSA) is 55.1 Å². The molecule has 0 spiro atoms. The average molecular weight is 323 g/mol. The number of hydrogen-bond acceptors (Lipinski definition) is 2. The van der Waals surface area contributed by atoms with Crippen LogP contribution in [-0.4, -0.2) is 10.9 Å².